The van der Waals surface area contributed by atoms with E-state index in [4.69, 9.17) is 0 Å². The van der Waals surface area contributed by atoms with Gasteiger partial charge in [0.25, 0.3) is 5.92 Å². The van der Waals surface area contributed by atoms with Crippen LogP contribution in [0.2, 0.25) is 0 Å². The number of aromatic nitrogens is 4. The summed E-state index contributed by atoms with van der Waals surface area (Å²) in [4.78, 5) is 18.5. The third-order valence-corrected chi connectivity index (χ3v) is 5.12. The molecular weight excluding hydrogens is 405 g/mol. The van der Waals surface area contributed by atoms with Gasteiger partial charge in [0.2, 0.25) is 5.82 Å². The Bertz CT molecular complexity index is 1030. The molecule has 3 aromatic rings. The van der Waals surface area contributed by atoms with Gasteiger partial charge in [-0.05, 0) is 25.3 Å². The molecule has 162 valence electrons. The van der Waals surface area contributed by atoms with Crippen LogP contribution in [0.5, 0.6) is 0 Å². The van der Waals surface area contributed by atoms with Crippen molar-refractivity contribution in [1.82, 2.24) is 19.9 Å². The normalized spacial score (nSPS) is 13.8. The minimum Gasteiger partial charge on any atom is -0.362 e. The highest BCUT2D eigenvalue weighted by molar-refractivity contribution is 5.52. The number of rotatable bonds is 8. The second-order valence-electron chi connectivity index (χ2n) is 7.81. The van der Waals surface area contributed by atoms with E-state index in [9.17, 15) is 8.78 Å². The summed E-state index contributed by atoms with van der Waals surface area (Å²) < 4.78 is 42.2. The van der Waals surface area contributed by atoms with Crippen molar-refractivity contribution in [2.75, 3.05) is 10.2 Å². The fourth-order valence-electron chi connectivity index (χ4n) is 3.23. The van der Waals surface area contributed by atoms with Crippen LogP contribution >= 0.6 is 0 Å². The number of alkyl halides is 2. The molecular formula is C22H23F3N6. The topological polar surface area (TPSA) is 66.8 Å². The van der Waals surface area contributed by atoms with Crippen molar-refractivity contribution in [3.63, 3.8) is 0 Å². The minimum atomic E-state index is -2.89. The maximum Gasteiger partial charge on any atom is 0.270 e. The first-order valence-electron chi connectivity index (χ1n) is 10.1. The van der Waals surface area contributed by atoms with Gasteiger partial charge in [0.05, 0.1) is 24.1 Å². The van der Waals surface area contributed by atoms with E-state index in [1.807, 2.05) is 11.8 Å². The third-order valence-electron chi connectivity index (χ3n) is 5.12. The molecule has 1 saturated carbocycles. The molecule has 0 radical (unpaired) electrons. The Morgan fingerprint density at radius 3 is 2.42 bits per heavy atom. The van der Waals surface area contributed by atoms with Crippen LogP contribution in [0.1, 0.15) is 42.3 Å². The van der Waals surface area contributed by atoms with Gasteiger partial charge < -0.3 is 10.2 Å². The second kappa shape index (κ2) is 8.49. The Hall–Kier alpha value is -3.23. The molecule has 4 rings (SSSR count). The number of hydrogen-bond acceptors (Lipinski definition) is 6. The van der Waals surface area contributed by atoms with Crippen LogP contribution < -0.4 is 10.2 Å². The number of hydrogen-bond donors (Lipinski definition) is 1. The second-order valence-corrected chi connectivity index (χ2v) is 7.81. The first kappa shape index (κ1) is 21.0. The summed E-state index contributed by atoms with van der Waals surface area (Å²) in [6.07, 6.45) is 6.44. The van der Waals surface area contributed by atoms with Crippen LogP contribution in [0.15, 0.2) is 43.0 Å². The van der Waals surface area contributed by atoms with Crippen molar-refractivity contribution in [1.29, 1.82) is 0 Å². The van der Waals surface area contributed by atoms with Crippen LogP contribution in [0.4, 0.5) is 24.8 Å². The first-order valence-corrected chi connectivity index (χ1v) is 10.1. The van der Waals surface area contributed by atoms with Crippen molar-refractivity contribution in [2.24, 2.45) is 0 Å². The lowest BCUT2D eigenvalue weighted by atomic mass is 10.1. The SMILES string of the molecule is Cc1cnc(CNc2ncnc(N(Cc3ccc(C(C)(F)F)cc3)C3CC3)c2F)cn1. The predicted molar refractivity (Wildman–Crippen MR) is 111 cm³/mol. The average molecular weight is 428 g/mol. The van der Waals surface area contributed by atoms with E-state index in [0.29, 0.717) is 12.2 Å². The van der Waals surface area contributed by atoms with Gasteiger partial charge in [0.1, 0.15) is 6.33 Å². The molecule has 0 atom stereocenters. The van der Waals surface area contributed by atoms with Crippen LogP contribution in [-0.4, -0.2) is 26.0 Å². The molecule has 2 aromatic heterocycles. The van der Waals surface area contributed by atoms with Crippen molar-refractivity contribution >= 4 is 11.6 Å². The van der Waals surface area contributed by atoms with Crippen molar-refractivity contribution in [3.05, 3.63) is 71.3 Å². The standard InChI is InChI=1S/C22H23F3N6/c1-14-9-27-17(10-26-14)11-28-20-19(23)21(30-13-29-20)31(18-7-8-18)12-15-3-5-16(6-4-15)22(2,24)25/h3-6,9-10,13,18H,7-8,11-12H2,1-2H3,(H,28,29,30). The van der Waals surface area contributed by atoms with Gasteiger partial charge >= 0.3 is 0 Å². The summed E-state index contributed by atoms with van der Waals surface area (Å²) >= 11 is 0. The number of nitrogens with one attached hydrogen (secondary N) is 1. The van der Waals surface area contributed by atoms with Crippen molar-refractivity contribution < 1.29 is 13.2 Å². The molecule has 1 aliphatic rings. The van der Waals surface area contributed by atoms with E-state index in [1.54, 1.807) is 24.5 Å². The average Bonchev–Trinajstić information content (AvgIpc) is 3.58. The summed E-state index contributed by atoms with van der Waals surface area (Å²) in [6, 6.07) is 6.28. The zero-order valence-corrected chi connectivity index (χ0v) is 17.3. The monoisotopic (exact) mass is 428 g/mol. The lowest BCUT2D eigenvalue weighted by Gasteiger charge is -2.25. The number of nitrogens with zero attached hydrogens (tertiary/aromatic N) is 5. The maximum absolute atomic E-state index is 15.2. The minimum absolute atomic E-state index is 0.0480. The largest absolute Gasteiger partial charge is 0.362 e. The Kier molecular flexibility index (Phi) is 5.75. The number of aryl methyl sites for hydroxylation is 1. The molecule has 1 fully saturated rings. The summed E-state index contributed by atoms with van der Waals surface area (Å²) in [5.74, 6) is -3.17. The summed E-state index contributed by atoms with van der Waals surface area (Å²) in [6.45, 7) is 3.35. The van der Waals surface area contributed by atoms with Gasteiger partial charge in [-0.1, -0.05) is 24.3 Å². The summed E-state index contributed by atoms with van der Waals surface area (Å²) in [7, 11) is 0. The Labute approximate surface area is 178 Å². The molecule has 0 saturated heterocycles. The predicted octanol–water partition coefficient (Wildman–Crippen LogP) is 4.61. The molecule has 0 aliphatic heterocycles. The third kappa shape index (κ3) is 5.10. The molecule has 1 N–H and O–H groups in total. The fraction of sp³-hybridized carbons (Fsp3) is 0.364. The van der Waals surface area contributed by atoms with Gasteiger partial charge in [0.15, 0.2) is 11.6 Å². The van der Waals surface area contributed by atoms with Crippen LogP contribution in [-0.2, 0) is 19.0 Å². The van der Waals surface area contributed by atoms with E-state index in [0.717, 1.165) is 31.0 Å². The van der Waals surface area contributed by atoms with E-state index < -0.39 is 11.7 Å². The van der Waals surface area contributed by atoms with Gasteiger partial charge in [-0.2, -0.15) is 4.39 Å². The van der Waals surface area contributed by atoms with E-state index >= 15 is 4.39 Å². The number of halogens is 3. The molecule has 1 aliphatic carbocycles. The maximum atomic E-state index is 15.2. The fourth-order valence-corrected chi connectivity index (χ4v) is 3.23. The molecule has 31 heavy (non-hydrogen) atoms. The smallest absolute Gasteiger partial charge is 0.270 e. The number of benzene rings is 1. The Morgan fingerprint density at radius 1 is 1.06 bits per heavy atom. The molecule has 9 heteroatoms. The molecule has 0 bridgehead atoms. The molecule has 0 amide bonds. The first-order chi connectivity index (χ1) is 14.8. The van der Waals surface area contributed by atoms with Crippen molar-refractivity contribution in [3.8, 4) is 0 Å². The highest BCUT2D eigenvalue weighted by Crippen LogP contribution is 2.35. The van der Waals surface area contributed by atoms with Crippen LogP contribution in [0, 0.1) is 12.7 Å². The van der Waals surface area contributed by atoms with Gasteiger partial charge in [0, 0.05) is 31.3 Å². The van der Waals surface area contributed by atoms with Crippen molar-refractivity contribution in [2.45, 2.75) is 51.7 Å². The highest BCUT2D eigenvalue weighted by Gasteiger charge is 2.33. The molecule has 0 unspecified atom stereocenters. The van der Waals surface area contributed by atoms with Gasteiger partial charge in [-0.15, -0.1) is 0 Å². The van der Waals surface area contributed by atoms with E-state index in [1.165, 1.54) is 18.5 Å². The number of anilines is 2. The van der Waals surface area contributed by atoms with Crippen LogP contribution in [0.25, 0.3) is 0 Å². The molecule has 0 spiro atoms. The zero-order valence-electron chi connectivity index (χ0n) is 17.3. The molecule has 6 nitrogen and oxygen atoms in total. The lowest BCUT2D eigenvalue weighted by molar-refractivity contribution is 0.0174. The lowest BCUT2D eigenvalue weighted by Crippen LogP contribution is -2.27. The van der Waals surface area contributed by atoms with E-state index in [-0.39, 0.29) is 29.8 Å². The van der Waals surface area contributed by atoms with Gasteiger partial charge in [-0.3, -0.25) is 9.97 Å². The quantitative estimate of drug-likeness (QED) is 0.565. The van der Waals surface area contributed by atoms with Gasteiger partial charge in [-0.25, -0.2) is 18.7 Å². The summed E-state index contributed by atoms with van der Waals surface area (Å²) in [5.41, 5.74) is 2.22. The molecule has 2 heterocycles. The molecule has 1 aromatic carbocycles. The Morgan fingerprint density at radius 2 is 1.81 bits per heavy atom. The summed E-state index contributed by atoms with van der Waals surface area (Å²) in [5, 5.41) is 2.95. The Balaban J connectivity index is 1.52. The highest BCUT2D eigenvalue weighted by atomic mass is 19.3. The van der Waals surface area contributed by atoms with E-state index in [2.05, 4.69) is 25.3 Å². The van der Waals surface area contributed by atoms with Crippen LogP contribution in [0.3, 0.4) is 0 Å². The zero-order chi connectivity index (χ0) is 22.0.